The number of halogens is 1. The standard InChI is InChI=1S/C16H16ClN5O/c1-9(2)20-16(23)11-6-13(10-4-5-14(17)18-7-10)21-15-12(11)8-19-22(15)3/h4-9H,1-3H3,(H,20,23). The third-order valence-electron chi connectivity index (χ3n) is 3.39. The number of aryl methyl sites for hydroxylation is 1. The molecule has 118 valence electrons. The third kappa shape index (κ3) is 3.03. The Morgan fingerprint density at radius 1 is 1.30 bits per heavy atom. The van der Waals surface area contributed by atoms with Gasteiger partial charge in [-0.3, -0.25) is 9.48 Å². The molecule has 1 amide bonds. The lowest BCUT2D eigenvalue weighted by Gasteiger charge is -2.11. The van der Waals surface area contributed by atoms with E-state index in [1.165, 1.54) is 0 Å². The largest absolute Gasteiger partial charge is 0.350 e. The van der Waals surface area contributed by atoms with Crippen LogP contribution in [0, 0.1) is 0 Å². The van der Waals surface area contributed by atoms with Crippen molar-refractivity contribution in [3.8, 4) is 11.3 Å². The number of carbonyl (C=O) groups is 1. The molecule has 3 rings (SSSR count). The molecule has 3 aromatic heterocycles. The normalized spacial score (nSPS) is 11.2. The highest BCUT2D eigenvalue weighted by Crippen LogP contribution is 2.25. The quantitative estimate of drug-likeness (QED) is 0.750. The van der Waals surface area contributed by atoms with Crippen molar-refractivity contribution in [2.45, 2.75) is 19.9 Å². The Morgan fingerprint density at radius 3 is 2.74 bits per heavy atom. The van der Waals surface area contributed by atoms with Crippen LogP contribution in [0.2, 0.25) is 5.15 Å². The van der Waals surface area contributed by atoms with Crippen molar-refractivity contribution in [2.24, 2.45) is 7.05 Å². The van der Waals surface area contributed by atoms with Gasteiger partial charge in [0.2, 0.25) is 0 Å². The topological polar surface area (TPSA) is 72.7 Å². The average molecular weight is 330 g/mol. The number of hydrogen-bond donors (Lipinski definition) is 1. The van der Waals surface area contributed by atoms with Crippen LogP contribution in [-0.2, 0) is 7.05 Å². The number of nitrogens with one attached hydrogen (secondary N) is 1. The first-order valence-electron chi connectivity index (χ1n) is 7.21. The Kier molecular flexibility index (Phi) is 4.00. The smallest absolute Gasteiger partial charge is 0.252 e. The Bertz CT molecular complexity index is 870. The van der Waals surface area contributed by atoms with Crippen LogP contribution >= 0.6 is 11.6 Å². The second kappa shape index (κ2) is 5.96. The van der Waals surface area contributed by atoms with Crippen LogP contribution in [0.4, 0.5) is 0 Å². The molecule has 0 aliphatic carbocycles. The molecular weight excluding hydrogens is 314 g/mol. The lowest BCUT2D eigenvalue weighted by molar-refractivity contribution is 0.0945. The molecule has 0 atom stereocenters. The van der Waals surface area contributed by atoms with Gasteiger partial charge in [0.1, 0.15) is 5.15 Å². The van der Waals surface area contributed by atoms with E-state index in [1.807, 2.05) is 19.9 Å². The molecule has 0 saturated heterocycles. The molecule has 0 unspecified atom stereocenters. The zero-order valence-corrected chi connectivity index (χ0v) is 13.8. The maximum Gasteiger partial charge on any atom is 0.252 e. The molecule has 0 radical (unpaired) electrons. The van der Waals surface area contributed by atoms with Crippen molar-refractivity contribution >= 4 is 28.5 Å². The van der Waals surface area contributed by atoms with Crippen molar-refractivity contribution in [2.75, 3.05) is 0 Å². The van der Waals surface area contributed by atoms with Crippen LogP contribution in [0.1, 0.15) is 24.2 Å². The SMILES string of the molecule is CC(C)NC(=O)c1cc(-c2ccc(Cl)nc2)nc2c1cnn2C. The third-order valence-corrected chi connectivity index (χ3v) is 3.62. The van der Waals surface area contributed by atoms with E-state index in [1.54, 1.807) is 36.3 Å². The Morgan fingerprint density at radius 2 is 2.09 bits per heavy atom. The van der Waals surface area contributed by atoms with Gasteiger partial charge in [-0.05, 0) is 32.0 Å². The Hall–Kier alpha value is -2.47. The number of hydrogen-bond acceptors (Lipinski definition) is 4. The molecule has 0 aliphatic rings. The molecule has 0 aliphatic heterocycles. The molecule has 0 spiro atoms. The van der Waals surface area contributed by atoms with Crippen LogP contribution in [0.25, 0.3) is 22.3 Å². The lowest BCUT2D eigenvalue weighted by atomic mass is 10.1. The van der Waals surface area contributed by atoms with Crippen molar-refractivity contribution in [1.29, 1.82) is 0 Å². The summed E-state index contributed by atoms with van der Waals surface area (Å²) in [4.78, 5) is 21.2. The summed E-state index contributed by atoms with van der Waals surface area (Å²) in [5.41, 5.74) is 2.63. The molecule has 23 heavy (non-hydrogen) atoms. The highest BCUT2D eigenvalue weighted by atomic mass is 35.5. The number of amides is 1. The van der Waals surface area contributed by atoms with E-state index in [-0.39, 0.29) is 11.9 Å². The predicted octanol–water partition coefficient (Wildman–Crippen LogP) is 2.82. The van der Waals surface area contributed by atoms with Gasteiger partial charge in [-0.15, -0.1) is 0 Å². The fourth-order valence-corrected chi connectivity index (χ4v) is 2.43. The molecule has 7 heteroatoms. The molecule has 6 nitrogen and oxygen atoms in total. The number of carbonyl (C=O) groups excluding carboxylic acids is 1. The molecule has 3 heterocycles. The number of pyridine rings is 2. The number of nitrogens with zero attached hydrogens (tertiary/aromatic N) is 4. The highest BCUT2D eigenvalue weighted by molar-refractivity contribution is 6.29. The van der Waals surface area contributed by atoms with Crippen molar-refractivity contribution in [3.63, 3.8) is 0 Å². The molecular formula is C16H16ClN5O. The molecule has 0 bridgehead atoms. The van der Waals surface area contributed by atoms with Gasteiger partial charge in [-0.2, -0.15) is 5.10 Å². The van der Waals surface area contributed by atoms with Crippen LogP contribution in [-0.4, -0.2) is 31.7 Å². The van der Waals surface area contributed by atoms with E-state index in [2.05, 4.69) is 20.4 Å². The molecule has 1 N–H and O–H groups in total. The summed E-state index contributed by atoms with van der Waals surface area (Å²) >= 11 is 5.83. The van der Waals surface area contributed by atoms with Crippen molar-refractivity contribution in [1.82, 2.24) is 25.1 Å². The average Bonchev–Trinajstić information content (AvgIpc) is 2.88. The monoisotopic (exact) mass is 329 g/mol. The minimum Gasteiger partial charge on any atom is -0.350 e. The molecule has 0 aromatic carbocycles. The van der Waals surface area contributed by atoms with Crippen LogP contribution < -0.4 is 5.32 Å². The summed E-state index contributed by atoms with van der Waals surface area (Å²) < 4.78 is 1.65. The first-order chi connectivity index (χ1) is 11.0. The Balaban J connectivity index is 2.18. The summed E-state index contributed by atoms with van der Waals surface area (Å²) in [6.07, 6.45) is 3.29. The summed E-state index contributed by atoms with van der Waals surface area (Å²) in [5, 5.41) is 8.24. The van der Waals surface area contributed by atoms with Gasteiger partial charge in [-0.1, -0.05) is 11.6 Å². The summed E-state index contributed by atoms with van der Waals surface area (Å²) in [5.74, 6) is -0.149. The molecule has 3 aromatic rings. The van der Waals surface area contributed by atoms with Crippen molar-refractivity contribution in [3.05, 3.63) is 41.3 Å². The van der Waals surface area contributed by atoms with Gasteiger partial charge in [0, 0.05) is 24.8 Å². The van der Waals surface area contributed by atoms with Gasteiger partial charge in [0.25, 0.3) is 5.91 Å². The van der Waals surface area contributed by atoms with E-state index in [0.717, 1.165) is 10.9 Å². The van der Waals surface area contributed by atoms with E-state index < -0.39 is 0 Å². The Labute approximate surface area is 138 Å². The fraction of sp³-hybridized carbons (Fsp3) is 0.250. The number of aromatic nitrogens is 4. The van der Waals surface area contributed by atoms with Gasteiger partial charge < -0.3 is 5.32 Å². The summed E-state index contributed by atoms with van der Waals surface area (Å²) in [7, 11) is 1.79. The second-order valence-electron chi connectivity index (χ2n) is 5.56. The van der Waals surface area contributed by atoms with Crippen LogP contribution in [0.5, 0.6) is 0 Å². The lowest BCUT2D eigenvalue weighted by Crippen LogP contribution is -2.30. The van der Waals surface area contributed by atoms with Crippen LogP contribution in [0.3, 0.4) is 0 Å². The maximum atomic E-state index is 12.5. The van der Waals surface area contributed by atoms with E-state index in [4.69, 9.17) is 11.6 Å². The van der Waals surface area contributed by atoms with Gasteiger partial charge in [-0.25, -0.2) is 9.97 Å². The highest BCUT2D eigenvalue weighted by Gasteiger charge is 2.17. The van der Waals surface area contributed by atoms with E-state index >= 15 is 0 Å². The van der Waals surface area contributed by atoms with Crippen molar-refractivity contribution < 1.29 is 4.79 Å². The van der Waals surface area contributed by atoms with E-state index in [0.29, 0.717) is 22.1 Å². The fourth-order valence-electron chi connectivity index (χ4n) is 2.32. The maximum absolute atomic E-state index is 12.5. The van der Waals surface area contributed by atoms with Crippen LogP contribution in [0.15, 0.2) is 30.6 Å². The van der Waals surface area contributed by atoms with Gasteiger partial charge in [0.05, 0.1) is 22.8 Å². The minimum atomic E-state index is -0.149. The first-order valence-corrected chi connectivity index (χ1v) is 7.59. The predicted molar refractivity (Wildman–Crippen MR) is 89.4 cm³/mol. The first kappa shape index (κ1) is 15.4. The molecule has 0 saturated carbocycles. The minimum absolute atomic E-state index is 0.0445. The summed E-state index contributed by atoms with van der Waals surface area (Å²) in [6.45, 7) is 3.84. The number of fused-ring (bicyclic) bond motifs is 1. The van der Waals surface area contributed by atoms with Gasteiger partial charge in [0.15, 0.2) is 5.65 Å². The number of rotatable bonds is 3. The van der Waals surface area contributed by atoms with Gasteiger partial charge >= 0.3 is 0 Å². The zero-order valence-electron chi connectivity index (χ0n) is 13.0. The zero-order chi connectivity index (χ0) is 16.6. The summed E-state index contributed by atoms with van der Waals surface area (Å²) in [6, 6.07) is 5.32. The molecule has 0 fully saturated rings. The second-order valence-corrected chi connectivity index (χ2v) is 5.95. The van der Waals surface area contributed by atoms with E-state index in [9.17, 15) is 4.79 Å².